The second-order valence-corrected chi connectivity index (χ2v) is 27.8. The van der Waals surface area contributed by atoms with Crippen LogP contribution in [-0.4, -0.2) is 33.7 Å². The third-order valence-corrected chi connectivity index (χ3v) is 27.6. The summed E-state index contributed by atoms with van der Waals surface area (Å²) in [7, 11) is 5.60. The monoisotopic (exact) mass is 172 g/mol. The van der Waals surface area contributed by atoms with Gasteiger partial charge in [0, 0.05) is 33.7 Å². The van der Waals surface area contributed by atoms with Gasteiger partial charge in [-0.15, -0.1) is 0 Å². The Bertz CT molecular complexity index is 63.0. The molecule has 0 N–H and O–H groups in total. The van der Waals surface area contributed by atoms with Crippen molar-refractivity contribution in [2.75, 3.05) is 0 Å². The summed E-state index contributed by atoms with van der Waals surface area (Å²) in [5.41, 5.74) is 0. The van der Waals surface area contributed by atoms with Crippen LogP contribution >= 0.6 is 0 Å². The normalized spacial score (nSPS) is 14.2. The fraction of sp³-hybridized carbons (Fsp3) is 1.00. The van der Waals surface area contributed by atoms with Crippen LogP contribution in [0.2, 0.25) is 26.2 Å². The fourth-order valence-corrected chi connectivity index (χ4v) is 0. The molecule has 0 unspecified atom stereocenters. The van der Waals surface area contributed by atoms with Crippen LogP contribution in [0.15, 0.2) is 0 Å². The Balaban J connectivity index is 4.02. The second kappa shape index (κ2) is 2.24. The molecule has 0 aliphatic rings. The highest BCUT2D eigenvalue weighted by molar-refractivity contribution is 7.68. The minimum Gasteiger partial charge on any atom is -0.0740 e. The summed E-state index contributed by atoms with van der Waals surface area (Å²) in [6.07, 6.45) is 0. The van der Waals surface area contributed by atoms with Gasteiger partial charge in [-0.05, 0) is 0 Å². The predicted octanol–water partition coefficient (Wildman–Crippen LogP) is 0.812. The highest BCUT2D eigenvalue weighted by Crippen LogP contribution is 2.09. The summed E-state index contributed by atoms with van der Waals surface area (Å²) in [5.74, 6) is 0. The Morgan fingerprint density at radius 1 is 0.750 bits per heavy atom. The molecule has 0 aliphatic heterocycles. The van der Waals surface area contributed by atoms with Crippen molar-refractivity contribution in [3.8, 4) is 0 Å². The van der Waals surface area contributed by atoms with Gasteiger partial charge in [0.05, 0.1) is 0 Å². The lowest BCUT2D eigenvalue weighted by Gasteiger charge is -2.30. The molecule has 0 amide bonds. The van der Waals surface area contributed by atoms with Crippen molar-refractivity contribution < 1.29 is 0 Å². The van der Waals surface area contributed by atoms with E-state index in [1.807, 2.05) is 0 Å². The molecule has 8 heavy (non-hydrogen) atoms. The molecule has 0 atom stereocenters. The van der Waals surface area contributed by atoms with Crippen molar-refractivity contribution in [1.29, 1.82) is 0 Å². The van der Waals surface area contributed by atoms with Crippen LogP contribution in [0, 0.1) is 0 Å². The van der Waals surface area contributed by atoms with Crippen LogP contribution in [-0.2, 0) is 0 Å². The van der Waals surface area contributed by atoms with Crippen LogP contribution < -0.4 is 0 Å². The van der Waals surface area contributed by atoms with Gasteiger partial charge in [0.25, 0.3) is 0 Å². The zero-order chi connectivity index (χ0) is 7.00. The molecule has 0 rings (SSSR count). The third kappa shape index (κ3) is 2.43. The van der Waals surface area contributed by atoms with Crippen molar-refractivity contribution in [1.82, 2.24) is 0 Å². The predicted molar refractivity (Wildman–Crippen MR) is 46.5 cm³/mol. The summed E-state index contributed by atoms with van der Waals surface area (Å²) in [6.45, 7) is 9.35. The van der Waals surface area contributed by atoms with Gasteiger partial charge < -0.3 is 0 Å². The molecule has 0 aromatic rings. The Labute approximate surface area is 60.3 Å². The molecule has 0 aromatic carbocycles. The Kier molecular flexibility index (Phi) is 2.48. The average molecular weight is 172 g/mol. The van der Waals surface area contributed by atoms with Crippen molar-refractivity contribution in [2.24, 2.45) is 0 Å². The smallest absolute Gasteiger partial charge is 0.0238 e. The van der Waals surface area contributed by atoms with Crippen LogP contribution in [0.4, 0.5) is 0 Å². The van der Waals surface area contributed by atoms with Gasteiger partial charge in [0.1, 0.15) is 0 Å². The maximum Gasteiger partial charge on any atom is 0.0238 e. The topological polar surface area (TPSA) is 0 Å². The Morgan fingerprint density at radius 3 is 0.875 bits per heavy atom. The minimum absolute atomic E-state index is 1.00. The van der Waals surface area contributed by atoms with Crippen LogP contribution in [0.1, 0.15) is 0 Å². The number of rotatable bonds is 1. The van der Waals surface area contributed by atoms with Crippen molar-refractivity contribution in [3.05, 3.63) is 0 Å². The number of hydrogen-bond acceptors (Lipinski definition) is 0. The van der Waals surface area contributed by atoms with E-state index < -0.39 is 14.2 Å². The van der Waals surface area contributed by atoms with Crippen molar-refractivity contribution in [3.63, 3.8) is 0 Å². The molecule has 0 saturated heterocycles. The fourth-order valence-electron chi connectivity index (χ4n) is 0. The van der Waals surface area contributed by atoms with Crippen LogP contribution in [0.5, 0.6) is 0 Å². The molecule has 4 heteroatoms. The second-order valence-electron chi connectivity index (χ2n) is 3.25. The molecular formula is C4H12Si4. The van der Waals surface area contributed by atoms with E-state index >= 15 is 0 Å². The van der Waals surface area contributed by atoms with Gasteiger partial charge in [0.15, 0.2) is 0 Å². The zero-order valence-corrected chi connectivity index (χ0v) is 10.0. The van der Waals surface area contributed by atoms with E-state index in [0.717, 1.165) is 0 Å². The van der Waals surface area contributed by atoms with Gasteiger partial charge in [-0.2, -0.15) is 0 Å². The Hall–Kier alpha value is 0.868. The van der Waals surface area contributed by atoms with E-state index in [0.29, 0.717) is 0 Å². The molecule has 6 radical (unpaired) electrons. The molecule has 0 saturated carbocycles. The van der Waals surface area contributed by atoms with Gasteiger partial charge >= 0.3 is 0 Å². The average Bonchev–Trinajstić information content (AvgIpc) is 1.25. The minimum atomic E-state index is -1.00. The highest BCUT2D eigenvalue weighted by atomic mass is 29.8. The SMILES string of the molecule is C[Si](C)([Si])[Si](C)(C)[Si]. The van der Waals surface area contributed by atoms with Gasteiger partial charge in [-0.1, -0.05) is 26.2 Å². The summed E-state index contributed by atoms with van der Waals surface area (Å²) >= 11 is 0. The first-order chi connectivity index (χ1) is 3.25. The zero-order valence-electron chi connectivity index (χ0n) is 6.00. The summed E-state index contributed by atoms with van der Waals surface area (Å²) < 4.78 is 0. The maximum absolute atomic E-state index is 3.80. The standard InChI is InChI=1S/C4H12Si4/c1-7(2,5)8(3,4)6/h1-4H3. The summed E-state index contributed by atoms with van der Waals surface area (Å²) in [4.78, 5) is 0. The molecule has 44 valence electrons. The Morgan fingerprint density at radius 2 is 0.875 bits per heavy atom. The summed E-state index contributed by atoms with van der Waals surface area (Å²) in [6, 6.07) is 0. The quantitative estimate of drug-likeness (QED) is 0.514. The first-order valence-corrected chi connectivity index (χ1v) is 12.8. The lowest BCUT2D eigenvalue weighted by Crippen LogP contribution is -2.56. The van der Waals surface area contributed by atoms with E-state index in [4.69, 9.17) is 0 Å². The van der Waals surface area contributed by atoms with Crippen molar-refractivity contribution in [2.45, 2.75) is 26.2 Å². The molecule has 0 fully saturated rings. The van der Waals surface area contributed by atoms with E-state index in [1.165, 1.54) is 0 Å². The van der Waals surface area contributed by atoms with Crippen molar-refractivity contribution >= 4 is 33.7 Å². The van der Waals surface area contributed by atoms with Crippen LogP contribution in [0.25, 0.3) is 0 Å². The van der Waals surface area contributed by atoms with E-state index in [-0.39, 0.29) is 0 Å². The van der Waals surface area contributed by atoms with Gasteiger partial charge in [0.2, 0.25) is 0 Å². The lowest BCUT2D eigenvalue weighted by molar-refractivity contribution is 1.92. The first-order valence-electron chi connectivity index (χ1n) is 2.75. The lowest BCUT2D eigenvalue weighted by atomic mass is 11.9. The number of hydrogen-bond donors (Lipinski definition) is 0. The first kappa shape index (κ1) is 8.87. The largest absolute Gasteiger partial charge is 0.0740 e. The molecule has 0 aliphatic carbocycles. The van der Waals surface area contributed by atoms with Gasteiger partial charge in [-0.3, -0.25) is 0 Å². The van der Waals surface area contributed by atoms with E-state index in [9.17, 15) is 0 Å². The van der Waals surface area contributed by atoms with Crippen LogP contribution in [0.3, 0.4) is 0 Å². The van der Waals surface area contributed by atoms with E-state index in [2.05, 4.69) is 45.7 Å². The van der Waals surface area contributed by atoms with E-state index in [1.54, 1.807) is 0 Å². The third-order valence-electron chi connectivity index (χ3n) is 1.56. The maximum atomic E-state index is 3.80. The molecule has 0 spiro atoms. The van der Waals surface area contributed by atoms with Gasteiger partial charge in [-0.25, -0.2) is 0 Å². The molecule has 0 heterocycles. The molecule has 0 aromatic heterocycles. The molecule has 0 bridgehead atoms. The molecule has 0 nitrogen and oxygen atoms in total. The highest BCUT2D eigenvalue weighted by Gasteiger charge is 2.31. The molecular weight excluding hydrogens is 160 g/mol. The summed E-state index contributed by atoms with van der Waals surface area (Å²) in [5, 5.41) is 0.